The lowest BCUT2D eigenvalue weighted by molar-refractivity contribution is 0.255. The van der Waals surface area contributed by atoms with E-state index in [4.69, 9.17) is 4.74 Å². The minimum Gasteiger partial charge on any atom is -0.480 e. The third kappa shape index (κ3) is 3.19. The summed E-state index contributed by atoms with van der Waals surface area (Å²) in [6.45, 7) is 3.19. The molecule has 100 valence electrons. The van der Waals surface area contributed by atoms with Crippen LogP contribution in [-0.2, 0) is 0 Å². The molecule has 1 heterocycles. The second-order valence-electron chi connectivity index (χ2n) is 4.99. The molecule has 1 aromatic heterocycles. The fraction of sp³-hybridized carbons (Fsp3) is 0.714. The summed E-state index contributed by atoms with van der Waals surface area (Å²) in [5.41, 5.74) is 0.959. The van der Waals surface area contributed by atoms with Crippen LogP contribution in [-0.4, -0.2) is 23.6 Å². The van der Waals surface area contributed by atoms with Gasteiger partial charge in [0.25, 0.3) is 0 Å². The Morgan fingerprint density at radius 2 is 2.17 bits per heavy atom. The van der Waals surface area contributed by atoms with Crippen LogP contribution >= 0.6 is 0 Å². The van der Waals surface area contributed by atoms with E-state index in [0.717, 1.165) is 31.0 Å². The van der Waals surface area contributed by atoms with Crippen molar-refractivity contribution >= 4 is 0 Å². The lowest BCUT2D eigenvalue weighted by atomic mass is 9.80. The quantitative estimate of drug-likeness (QED) is 0.807. The first-order valence-electron chi connectivity index (χ1n) is 6.93. The number of rotatable bonds is 7. The molecule has 1 unspecified atom stereocenters. The number of nitrogens with one attached hydrogen (secondary N) is 1. The van der Waals surface area contributed by atoms with Crippen LogP contribution in [0, 0.1) is 5.92 Å². The predicted octanol–water partition coefficient (Wildman–Crippen LogP) is 2.72. The Kier molecular flexibility index (Phi) is 4.93. The van der Waals surface area contributed by atoms with Gasteiger partial charge in [0.05, 0.1) is 13.2 Å². The van der Waals surface area contributed by atoms with Crippen molar-refractivity contribution in [2.24, 2.45) is 5.92 Å². The van der Waals surface area contributed by atoms with Gasteiger partial charge in [-0.3, -0.25) is 4.98 Å². The van der Waals surface area contributed by atoms with Crippen molar-refractivity contribution in [1.82, 2.24) is 15.3 Å². The highest BCUT2D eigenvalue weighted by atomic mass is 16.5. The van der Waals surface area contributed by atoms with E-state index in [0.29, 0.717) is 5.88 Å². The van der Waals surface area contributed by atoms with Gasteiger partial charge >= 0.3 is 0 Å². The van der Waals surface area contributed by atoms with E-state index in [1.165, 1.54) is 19.3 Å². The minimum absolute atomic E-state index is 0.277. The molecule has 0 radical (unpaired) electrons. The number of nitrogens with zero attached hydrogens (tertiary/aromatic N) is 2. The van der Waals surface area contributed by atoms with Crippen LogP contribution in [0.5, 0.6) is 5.88 Å². The van der Waals surface area contributed by atoms with Crippen molar-refractivity contribution in [3.05, 3.63) is 18.1 Å². The molecule has 1 atom stereocenters. The van der Waals surface area contributed by atoms with Gasteiger partial charge in [0.2, 0.25) is 5.88 Å². The standard InChI is InChI=1S/C14H23N3O/c1-3-7-15-12(10-11-5-4-6-11)13-14(18-2)17-9-8-16-13/h8-9,11-12,15H,3-7,10H2,1-2H3. The monoisotopic (exact) mass is 249 g/mol. The smallest absolute Gasteiger partial charge is 0.236 e. The molecule has 1 aliphatic rings. The minimum atomic E-state index is 0.277. The number of hydrogen-bond donors (Lipinski definition) is 1. The van der Waals surface area contributed by atoms with Crippen LogP contribution in [0.2, 0.25) is 0 Å². The van der Waals surface area contributed by atoms with E-state index in [1.54, 1.807) is 19.5 Å². The number of methoxy groups -OCH3 is 1. The zero-order chi connectivity index (χ0) is 12.8. The Balaban J connectivity index is 2.09. The molecule has 0 saturated heterocycles. The van der Waals surface area contributed by atoms with Crippen LogP contribution in [0.4, 0.5) is 0 Å². The van der Waals surface area contributed by atoms with Crippen LogP contribution in [0.15, 0.2) is 12.4 Å². The normalized spacial score (nSPS) is 17.2. The summed E-state index contributed by atoms with van der Waals surface area (Å²) < 4.78 is 5.33. The summed E-state index contributed by atoms with van der Waals surface area (Å²) in [6, 6.07) is 0.277. The second kappa shape index (κ2) is 6.69. The van der Waals surface area contributed by atoms with Gasteiger partial charge in [0.15, 0.2) is 0 Å². The number of hydrogen-bond acceptors (Lipinski definition) is 4. The molecule has 4 nitrogen and oxygen atoms in total. The maximum atomic E-state index is 5.33. The highest BCUT2D eigenvalue weighted by Crippen LogP contribution is 2.35. The largest absolute Gasteiger partial charge is 0.480 e. The summed E-state index contributed by atoms with van der Waals surface area (Å²) in [7, 11) is 1.66. The maximum absolute atomic E-state index is 5.33. The average molecular weight is 249 g/mol. The van der Waals surface area contributed by atoms with Crippen molar-refractivity contribution in [2.75, 3.05) is 13.7 Å². The number of ether oxygens (including phenoxy) is 1. The van der Waals surface area contributed by atoms with Gasteiger partial charge in [-0.05, 0) is 25.3 Å². The summed E-state index contributed by atoms with van der Waals surface area (Å²) >= 11 is 0. The van der Waals surface area contributed by atoms with Gasteiger partial charge in [-0.15, -0.1) is 0 Å². The third-order valence-electron chi connectivity index (χ3n) is 3.65. The van der Waals surface area contributed by atoms with E-state index >= 15 is 0 Å². The molecule has 18 heavy (non-hydrogen) atoms. The SMILES string of the molecule is CCCNC(CC1CCC1)c1nccnc1OC. The zero-order valence-electron chi connectivity index (χ0n) is 11.4. The fourth-order valence-corrected chi connectivity index (χ4v) is 2.40. The maximum Gasteiger partial charge on any atom is 0.236 e. The Bertz CT molecular complexity index is 366. The molecule has 0 spiro atoms. The second-order valence-corrected chi connectivity index (χ2v) is 4.99. The van der Waals surface area contributed by atoms with Crippen molar-refractivity contribution < 1.29 is 4.74 Å². The topological polar surface area (TPSA) is 47.0 Å². The summed E-state index contributed by atoms with van der Waals surface area (Å²) in [6.07, 6.45) is 9.79. The van der Waals surface area contributed by atoms with Gasteiger partial charge in [0.1, 0.15) is 5.69 Å². The average Bonchev–Trinajstić information content (AvgIpc) is 2.37. The van der Waals surface area contributed by atoms with E-state index in [-0.39, 0.29) is 6.04 Å². The fourth-order valence-electron chi connectivity index (χ4n) is 2.40. The Morgan fingerprint density at radius 1 is 1.39 bits per heavy atom. The molecule has 0 bridgehead atoms. The van der Waals surface area contributed by atoms with Gasteiger partial charge in [-0.25, -0.2) is 4.98 Å². The van der Waals surface area contributed by atoms with Crippen LogP contribution in [0.25, 0.3) is 0 Å². The lowest BCUT2D eigenvalue weighted by Crippen LogP contribution is -2.28. The van der Waals surface area contributed by atoms with Gasteiger partial charge in [-0.2, -0.15) is 0 Å². The highest BCUT2D eigenvalue weighted by molar-refractivity contribution is 5.21. The van der Waals surface area contributed by atoms with Crippen LogP contribution < -0.4 is 10.1 Å². The first-order chi connectivity index (χ1) is 8.85. The Hall–Kier alpha value is -1.16. The van der Waals surface area contributed by atoms with Crippen LogP contribution in [0.1, 0.15) is 50.8 Å². The van der Waals surface area contributed by atoms with Crippen molar-refractivity contribution in [2.45, 2.75) is 45.1 Å². The lowest BCUT2D eigenvalue weighted by Gasteiger charge is -2.30. The molecule has 1 aliphatic carbocycles. The van der Waals surface area contributed by atoms with E-state index in [2.05, 4.69) is 22.2 Å². The molecule has 1 fully saturated rings. The molecule has 1 saturated carbocycles. The molecule has 0 aliphatic heterocycles. The number of aromatic nitrogens is 2. The van der Waals surface area contributed by atoms with E-state index in [1.807, 2.05) is 0 Å². The molecule has 0 amide bonds. The van der Waals surface area contributed by atoms with E-state index < -0.39 is 0 Å². The predicted molar refractivity (Wildman–Crippen MR) is 71.6 cm³/mol. The third-order valence-corrected chi connectivity index (χ3v) is 3.65. The van der Waals surface area contributed by atoms with Crippen molar-refractivity contribution in [1.29, 1.82) is 0 Å². The first-order valence-corrected chi connectivity index (χ1v) is 6.93. The van der Waals surface area contributed by atoms with Gasteiger partial charge in [-0.1, -0.05) is 26.2 Å². The van der Waals surface area contributed by atoms with Gasteiger partial charge < -0.3 is 10.1 Å². The van der Waals surface area contributed by atoms with Crippen molar-refractivity contribution in [3.8, 4) is 5.88 Å². The summed E-state index contributed by atoms with van der Waals surface area (Å²) in [4.78, 5) is 8.72. The Morgan fingerprint density at radius 3 is 2.78 bits per heavy atom. The van der Waals surface area contributed by atoms with E-state index in [9.17, 15) is 0 Å². The molecule has 1 aromatic rings. The molecule has 2 rings (SSSR count). The molecule has 0 aromatic carbocycles. The Labute approximate surface area is 109 Å². The highest BCUT2D eigenvalue weighted by Gasteiger charge is 2.25. The first kappa shape index (κ1) is 13.3. The molecular formula is C14H23N3O. The molecular weight excluding hydrogens is 226 g/mol. The van der Waals surface area contributed by atoms with Crippen molar-refractivity contribution in [3.63, 3.8) is 0 Å². The van der Waals surface area contributed by atoms with Crippen LogP contribution in [0.3, 0.4) is 0 Å². The van der Waals surface area contributed by atoms with Gasteiger partial charge in [0, 0.05) is 12.4 Å². The summed E-state index contributed by atoms with van der Waals surface area (Å²) in [5.74, 6) is 1.50. The zero-order valence-corrected chi connectivity index (χ0v) is 11.4. The molecule has 1 N–H and O–H groups in total. The summed E-state index contributed by atoms with van der Waals surface area (Å²) in [5, 5.41) is 3.58. The molecule has 4 heteroatoms.